The lowest BCUT2D eigenvalue weighted by Gasteiger charge is -2.11. The van der Waals surface area contributed by atoms with Gasteiger partial charge in [-0.1, -0.05) is 36.4 Å². The second-order valence-corrected chi connectivity index (χ2v) is 6.07. The van der Waals surface area contributed by atoms with Crippen molar-refractivity contribution >= 4 is 17.7 Å². The molecule has 0 bridgehead atoms. The smallest absolute Gasteiger partial charge is 0.262 e. The number of methoxy groups -OCH3 is 1. The van der Waals surface area contributed by atoms with Gasteiger partial charge in [-0.25, -0.2) is 0 Å². The van der Waals surface area contributed by atoms with Crippen molar-refractivity contribution in [2.75, 3.05) is 26.1 Å². The molecule has 0 aromatic heterocycles. The summed E-state index contributed by atoms with van der Waals surface area (Å²) in [5, 5.41) is 12.0. The Bertz CT molecular complexity index is 858. The van der Waals surface area contributed by atoms with Gasteiger partial charge >= 0.3 is 0 Å². The maximum absolute atomic E-state index is 12.2. The third-order valence-electron chi connectivity index (χ3n) is 3.94. The molecule has 138 valence electrons. The summed E-state index contributed by atoms with van der Waals surface area (Å²) in [6, 6.07) is 17.3. The number of benzene rings is 2. The molecule has 5 nitrogen and oxygen atoms in total. The van der Waals surface area contributed by atoms with Crippen LogP contribution in [-0.2, 0) is 11.3 Å². The van der Waals surface area contributed by atoms with Gasteiger partial charge in [0.1, 0.15) is 17.4 Å². The van der Waals surface area contributed by atoms with Crippen LogP contribution in [0.5, 0.6) is 5.75 Å². The SMILES string of the molecule is COc1ccc(CNC(=O)/C(C#N)=C/C=C/c2ccc(N(C)C)cc2)cc1. The fourth-order valence-corrected chi connectivity index (χ4v) is 2.32. The molecule has 2 aromatic rings. The van der Waals surface area contributed by atoms with Crippen molar-refractivity contribution in [2.24, 2.45) is 0 Å². The lowest BCUT2D eigenvalue weighted by Crippen LogP contribution is -2.23. The normalized spacial score (nSPS) is 11.1. The van der Waals surface area contributed by atoms with Crippen molar-refractivity contribution in [3.63, 3.8) is 0 Å². The van der Waals surface area contributed by atoms with E-state index in [2.05, 4.69) is 5.32 Å². The molecule has 0 atom stereocenters. The lowest BCUT2D eigenvalue weighted by atomic mass is 10.1. The average Bonchev–Trinajstić information content (AvgIpc) is 2.70. The quantitative estimate of drug-likeness (QED) is 0.465. The predicted molar refractivity (Wildman–Crippen MR) is 108 cm³/mol. The van der Waals surface area contributed by atoms with E-state index in [1.807, 2.05) is 79.7 Å². The summed E-state index contributed by atoms with van der Waals surface area (Å²) in [7, 11) is 5.57. The molecular weight excluding hydrogens is 338 g/mol. The number of carbonyl (C=O) groups excluding carboxylic acids is 1. The fraction of sp³-hybridized carbons (Fsp3) is 0.182. The number of hydrogen-bond acceptors (Lipinski definition) is 4. The molecule has 27 heavy (non-hydrogen) atoms. The summed E-state index contributed by atoms with van der Waals surface area (Å²) in [6.45, 7) is 0.345. The molecule has 0 saturated heterocycles. The molecule has 0 saturated carbocycles. The fourth-order valence-electron chi connectivity index (χ4n) is 2.32. The Kier molecular flexibility index (Phi) is 7.21. The Morgan fingerprint density at radius 3 is 2.37 bits per heavy atom. The van der Waals surface area contributed by atoms with Gasteiger partial charge in [0.25, 0.3) is 5.91 Å². The molecule has 0 unspecified atom stereocenters. The van der Waals surface area contributed by atoms with Crippen LogP contribution in [0.15, 0.2) is 66.3 Å². The standard InChI is InChI=1S/C22H23N3O2/c1-25(2)20-11-7-17(8-12-20)5-4-6-19(15-23)22(26)24-16-18-9-13-21(27-3)14-10-18/h4-14H,16H2,1-3H3,(H,24,26)/b5-4+,19-6+. The number of allylic oxidation sites excluding steroid dienone is 2. The predicted octanol–water partition coefficient (Wildman–Crippen LogP) is 3.54. The summed E-state index contributed by atoms with van der Waals surface area (Å²) in [4.78, 5) is 14.2. The topological polar surface area (TPSA) is 65.4 Å². The molecule has 0 aliphatic carbocycles. The molecule has 1 amide bonds. The third-order valence-corrected chi connectivity index (χ3v) is 3.94. The van der Waals surface area contributed by atoms with Crippen LogP contribution < -0.4 is 15.0 Å². The molecule has 0 fully saturated rings. The van der Waals surface area contributed by atoms with E-state index in [0.717, 1.165) is 22.6 Å². The van der Waals surface area contributed by atoms with Crippen molar-refractivity contribution in [3.05, 3.63) is 77.4 Å². The zero-order valence-electron chi connectivity index (χ0n) is 15.8. The number of nitrogens with one attached hydrogen (secondary N) is 1. The Labute approximate surface area is 160 Å². The highest BCUT2D eigenvalue weighted by molar-refractivity contribution is 5.97. The Balaban J connectivity index is 1.95. The van der Waals surface area contributed by atoms with Gasteiger partial charge in [-0.05, 0) is 41.5 Å². The van der Waals surface area contributed by atoms with Crippen molar-refractivity contribution < 1.29 is 9.53 Å². The van der Waals surface area contributed by atoms with Gasteiger partial charge in [0, 0.05) is 26.3 Å². The van der Waals surface area contributed by atoms with Gasteiger partial charge in [-0.15, -0.1) is 0 Å². The minimum atomic E-state index is -0.402. The van der Waals surface area contributed by atoms with Gasteiger partial charge < -0.3 is 15.0 Å². The molecule has 2 aromatic carbocycles. The van der Waals surface area contributed by atoms with Crippen LogP contribution in [-0.4, -0.2) is 27.1 Å². The molecule has 0 aliphatic rings. The number of amides is 1. The summed E-state index contributed by atoms with van der Waals surface area (Å²) in [5.74, 6) is 0.354. The van der Waals surface area contributed by atoms with Crippen LogP contribution in [0.1, 0.15) is 11.1 Å². The molecule has 2 rings (SSSR count). The largest absolute Gasteiger partial charge is 0.497 e. The Hall–Kier alpha value is -3.52. The number of carbonyl (C=O) groups is 1. The van der Waals surface area contributed by atoms with Crippen molar-refractivity contribution in [1.82, 2.24) is 5.32 Å². The molecule has 0 spiro atoms. The van der Waals surface area contributed by atoms with E-state index in [9.17, 15) is 10.1 Å². The zero-order valence-corrected chi connectivity index (χ0v) is 15.8. The van der Waals surface area contributed by atoms with E-state index in [1.165, 1.54) is 6.08 Å². The third kappa shape index (κ3) is 6.05. The highest BCUT2D eigenvalue weighted by Gasteiger charge is 2.07. The molecule has 0 aliphatic heterocycles. The minimum absolute atomic E-state index is 0.0599. The van der Waals surface area contributed by atoms with E-state index in [-0.39, 0.29) is 5.57 Å². The van der Waals surface area contributed by atoms with E-state index >= 15 is 0 Å². The van der Waals surface area contributed by atoms with Gasteiger partial charge in [0.05, 0.1) is 7.11 Å². The number of anilines is 1. The monoisotopic (exact) mass is 361 g/mol. The number of nitriles is 1. The summed E-state index contributed by atoms with van der Waals surface area (Å²) >= 11 is 0. The van der Waals surface area contributed by atoms with E-state index in [1.54, 1.807) is 13.2 Å². The highest BCUT2D eigenvalue weighted by Crippen LogP contribution is 2.13. The first-order valence-electron chi connectivity index (χ1n) is 8.50. The van der Waals surface area contributed by atoms with Crippen LogP contribution in [0.3, 0.4) is 0 Å². The van der Waals surface area contributed by atoms with Crippen LogP contribution in [0, 0.1) is 11.3 Å². The van der Waals surface area contributed by atoms with Gasteiger partial charge in [-0.3, -0.25) is 4.79 Å². The molecule has 1 N–H and O–H groups in total. The van der Waals surface area contributed by atoms with E-state index in [0.29, 0.717) is 6.54 Å². The van der Waals surface area contributed by atoms with E-state index < -0.39 is 5.91 Å². The summed E-state index contributed by atoms with van der Waals surface area (Å²) < 4.78 is 5.10. The summed E-state index contributed by atoms with van der Waals surface area (Å²) in [5.41, 5.74) is 3.09. The molecule has 0 heterocycles. The number of rotatable bonds is 7. The first-order valence-corrected chi connectivity index (χ1v) is 8.50. The second kappa shape index (κ2) is 9.83. The number of ether oxygens (including phenoxy) is 1. The Morgan fingerprint density at radius 2 is 1.81 bits per heavy atom. The van der Waals surface area contributed by atoms with Crippen molar-refractivity contribution in [2.45, 2.75) is 6.54 Å². The number of nitrogens with zero attached hydrogens (tertiary/aromatic N) is 2. The summed E-state index contributed by atoms with van der Waals surface area (Å²) in [6.07, 6.45) is 5.08. The molecular formula is C22H23N3O2. The van der Waals surface area contributed by atoms with E-state index in [4.69, 9.17) is 4.74 Å². The second-order valence-electron chi connectivity index (χ2n) is 6.07. The Morgan fingerprint density at radius 1 is 1.15 bits per heavy atom. The first kappa shape index (κ1) is 19.8. The molecule has 0 radical (unpaired) electrons. The van der Waals surface area contributed by atoms with Crippen LogP contribution >= 0.6 is 0 Å². The molecule has 5 heteroatoms. The van der Waals surface area contributed by atoms with Gasteiger partial charge in [0.15, 0.2) is 0 Å². The maximum atomic E-state index is 12.2. The van der Waals surface area contributed by atoms with Crippen LogP contribution in [0.25, 0.3) is 6.08 Å². The zero-order chi connectivity index (χ0) is 19.6. The van der Waals surface area contributed by atoms with Gasteiger partial charge in [-0.2, -0.15) is 5.26 Å². The highest BCUT2D eigenvalue weighted by atomic mass is 16.5. The van der Waals surface area contributed by atoms with Crippen molar-refractivity contribution in [3.8, 4) is 11.8 Å². The van der Waals surface area contributed by atoms with Crippen molar-refractivity contribution in [1.29, 1.82) is 5.26 Å². The average molecular weight is 361 g/mol. The van der Waals surface area contributed by atoms with Gasteiger partial charge in [0.2, 0.25) is 0 Å². The lowest BCUT2D eigenvalue weighted by molar-refractivity contribution is -0.117. The van der Waals surface area contributed by atoms with Crippen LogP contribution in [0.4, 0.5) is 5.69 Å². The number of hydrogen-bond donors (Lipinski definition) is 1. The first-order chi connectivity index (χ1) is 13.0. The van der Waals surface area contributed by atoms with Crippen LogP contribution in [0.2, 0.25) is 0 Å². The minimum Gasteiger partial charge on any atom is -0.497 e. The maximum Gasteiger partial charge on any atom is 0.262 e.